The maximum atomic E-state index is 11.0. The van der Waals surface area contributed by atoms with Crippen molar-refractivity contribution in [1.29, 1.82) is 0 Å². The van der Waals surface area contributed by atoms with Crippen molar-refractivity contribution in [2.45, 2.75) is 33.7 Å². The predicted molar refractivity (Wildman–Crippen MR) is 77.3 cm³/mol. The molecule has 3 heteroatoms. The number of aromatic nitrogens is 1. The van der Waals surface area contributed by atoms with Crippen molar-refractivity contribution in [3.05, 3.63) is 36.0 Å². The largest absolute Gasteiger partial charge is 0.481 e. The first-order valence-electron chi connectivity index (χ1n) is 6.78. The van der Waals surface area contributed by atoms with E-state index in [9.17, 15) is 4.79 Å². The zero-order chi connectivity index (χ0) is 14.0. The van der Waals surface area contributed by atoms with Gasteiger partial charge >= 0.3 is 5.97 Å². The van der Waals surface area contributed by atoms with E-state index in [1.165, 1.54) is 10.9 Å². The molecule has 0 aliphatic carbocycles. The number of carboxylic acid groups (broad SMARTS) is 1. The normalized spacial score (nSPS) is 13.1. The fourth-order valence-corrected chi connectivity index (χ4v) is 2.47. The maximum absolute atomic E-state index is 11.0. The number of para-hydroxylation sites is 1. The summed E-state index contributed by atoms with van der Waals surface area (Å²) in [6.07, 6.45) is 2.67. The lowest BCUT2D eigenvalue weighted by molar-refractivity contribution is -0.141. The smallest absolute Gasteiger partial charge is 0.306 e. The number of carboxylic acids is 1. The molecule has 1 heterocycles. The molecular formula is C16H21NO2. The van der Waals surface area contributed by atoms with E-state index in [0.717, 1.165) is 12.1 Å². The molecule has 19 heavy (non-hydrogen) atoms. The Labute approximate surface area is 113 Å². The highest BCUT2D eigenvalue weighted by Crippen LogP contribution is 2.23. The van der Waals surface area contributed by atoms with Crippen LogP contribution in [0.5, 0.6) is 0 Å². The molecule has 0 saturated carbocycles. The molecule has 1 aromatic carbocycles. The van der Waals surface area contributed by atoms with Crippen molar-refractivity contribution in [2.75, 3.05) is 0 Å². The van der Waals surface area contributed by atoms with E-state index in [0.29, 0.717) is 12.3 Å². The summed E-state index contributed by atoms with van der Waals surface area (Å²) in [6.45, 7) is 7.10. The molecule has 0 fully saturated rings. The van der Waals surface area contributed by atoms with Crippen molar-refractivity contribution in [2.24, 2.45) is 11.8 Å². The van der Waals surface area contributed by atoms with Crippen LogP contribution in [0.2, 0.25) is 0 Å². The fourth-order valence-electron chi connectivity index (χ4n) is 2.47. The minimum Gasteiger partial charge on any atom is -0.481 e. The molecule has 0 saturated heterocycles. The van der Waals surface area contributed by atoms with Gasteiger partial charge in [0.05, 0.1) is 11.4 Å². The van der Waals surface area contributed by atoms with Crippen LogP contribution in [-0.4, -0.2) is 15.6 Å². The molecule has 0 bridgehead atoms. The monoisotopic (exact) mass is 259 g/mol. The molecule has 2 aromatic rings. The molecule has 0 aliphatic heterocycles. The second kappa shape index (κ2) is 5.47. The number of hydrogen-bond donors (Lipinski definition) is 1. The Hall–Kier alpha value is -1.77. The summed E-state index contributed by atoms with van der Waals surface area (Å²) in [5.74, 6) is -0.521. The van der Waals surface area contributed by atoms with Gasteiger partial charge in [-0.15, -0.1) is 0 Å². The molecule has 102 valence electrons. The number of rotatable bonds is 5. The van der Waals surface area contributed by atoms with Gasteiger partial charge in [-0.3, -0.25) is 4.79 Å². The Morgan fingerprint density at radius 2 is 2.00 bits per heavy atom. The first kappa shape index (κ1) is 13.7. The zero-order valence-corrected chi connectivity index (χ0v) is 11.8. The fraction of sp³-hybridized carbons (Fsp3) is 0.438. The Kier molecular flexibility index (Phi) is 3.93. The number of aliphatic carboxylic acids is 1. The Balaban J connectivity index is 2.42. The minimum absolute atomic E-state index is 0.354. The van der Waals surface area contributed by atoms with Gasteiger partial charge in [0.25, 0.3) is 0 Å². The van der Waals surface area contributed by atoms with Crippen LogP contribution in [0.15, 0.2) is 30.5 Å². The first-order chi connectivity index (χ1) is 8.99. The van der Waals surface area contributed by atoms with Crippen LogP contribution in [0.4, 0.5) is 0 Å². The third-order valence-electron chi connectivity index (χ3n) is 3.38. The SMILES string of the molecule is CC(C)Cn1ccc2cccc(CC(C)C(=O)O)c21. The van der Waals surface area contributed by atoms with Gasteiger partial charge in [-0.2, -0.15) is 0 Å². The van der Waals surface area contributed by atoms with Crippen molar-refractivity contribution in [1.82, 2.24) is 4.57 Å². The van der Waals surface area contributed by atoms with E-state index in [4.69, 9.17) is 5.11 Å². The van der Waals surface area contributed by atoms with Gasteiger partial charge in [0.2, 0.25) is 0 Å². The standard InChI is InChI=1S/C16H21NO2/c1-11(2)10-17-8-7-13-5-4-6-14(15(13)17)9-12(3)16(18)19/h4-8,11-12H,9-10H2,1-3H3,(H,18,19). The molecule has 1 atom stereocenters. The second-order valence-electron chi connectivity index (χ2n) is 5.66. The van der Waals surface area contributed by atoms with Crippen molar-refractivity contribution in [3.8, 4) is 0 Å². The number of nitrogens with zero attached hydrogens (tertiary/aromatic N) is 1. The van der Waals surface area contributed by atoms with Gasteiger partial charge in [-0.05, 0) is 29.4 Å². The topological polar surface area (TPSA) is 42.2 Å². The van der Waals surface area contributed by atoms with E-state index in [1.54, 1.807) is 6.92 Å². The van der Waals surface area contributed by atoms with Crippen molar-refractivity contribution in [3.63, 3.8) is 0 Å². The molecule has 0 radical (unpaired) electrons. The summed E-state index contributed by atoms with van der Waals surface area (Å²) in [5.41, 5.74) is 2.31. The van der Waals surface area contributed by atoms with Gasteiger partial charge in [0, 0.05) is 12.7 Å². The summed E-state index contributed by atoms with van der Waals surface area (Å²) < 4.78 is 2.24. The van der Waals surface area contributed by atoms with Crippen LogP contribution >= 0.6 is 0 Å². The average molecular weight is 259 g/mol. The van der Waals surface area contributed by atoms with Gasteiger partial charge in [0.15, 0.2) is 0 Å². The lowest BCUT2D eigenvalue weighted by atomic mass is 9.99. The summed E-state index contributed by atoms with van der Waals surface area (Å²) in [5, 5.41) is 10.3. The van der Waals surface area contributed by atoms with E-state index < -0.39 is 5.97 Å². The molecule has 1 aromatic heterocycles. The third-order valence-corrected chi connectivity index (χ3v) is 3.38. The van der Waals surface area contributed by atoms with Gasteiger partial charge in [0.1, 0.15) is 0 Å². The van der Waals surface area contributed by atoms with Crippen LogP contribution < -0.4 is 0 Å². The number of hydrogen-bond acceptors (Lipinski definition) is 1. The quantitative estimate of drug-likeness (QED) is 0.892. The van der Waals surface area contributed by atoms with Crippen molar-refractivity contribution < 1.29 is 9.90 Å². The Bertz CT molecular complexity index is 583. The molecule has 0 aliphatic rings. The number of fused-ring (bicyclic) bond motifs is 1. The van der Waals surface area contributed by atoms with Gasteiger partial charge in [-0.1, -0.05) is 39.0 Å². The van der Waals surface area contributed by atoms with E-state index in [-0.39, 0.29) is 5.92 Å². The highest BCUT2D eigenvalue weighted by Gasteiger charge is 2.15. The zero-order valence-electron chi connectivity index (χ0n) is 11.8. The van der Waals surface area contributed by atoms with Gasteiger partial charge < -0.3 is 9.67 Å². The summed E-state index contributed by atoms with van der Waals surface area (Å²) in [4.78, 5) is 11.0. The average Bonchev–Trinajstić information content (AvgIpc) is 2.72. The highest BCUT2D eigenvalue weighted by molar-refractivity contribution is 5.84. The molecule has 1 N–H and O–H groups in total. The second-order valence-corrected chi connectivity index (χ2v) is 5.66. The first-order valence-corrected chi connectivity index (χ1v) is 6.78. The predicted octanol–water partition coefficient (Wildman–Crippen LogP) is 3.56. The lowest BCUT2D eigenvalue weighted by Gasteiger charge is -2.13. The highest BCUT2D eigenvalue weighted by atomic mass is 16.4. The van der Waals surface area contributed by atoms with E-state index >= 15 is 0 Å². The molecule has 1 unspecified atom stereocenters. The summed E-state index contributed by atoms with van der Waals surface area (Å²) >= 11 is 0. The van der Waals surface area contributed by atoms with Crippen molar-refractivity contribution >= 4 is 16.9 Å². The lowest BCUT2D eigenvalue weighted by Crippen LogP contribution is -2.13. The minimum atomic E-state index is -0.737. The number of carbonyl (C=O) groups is 1. The van der Waals surface area contributed by atoms with Crippen LogP contribution in [0, 0.1) is 11.8 Å². The Morgan fingerprint density at radius 1 is 1.26 bits per heavy atom. The van der Waals surface area contributed by atoms with Gasteiger partial charge in [-0.25, -0.2) is 0 Å². The van der Waals surface area contributed by atoms with Crippen LogP contribution in [-0.2, 0) is 17.8 Å². The van der Waals surface area contributed by atoms with Crippen LogP contribution in [0.1, 0.15) is 26.3 Å². The molecule has 2 rings (SSSR count). The van der Waals surface area contributed by atoms with E-state index in [1.807, 2.05) is 12.1 Å². The summed E-state index contributed by atoms with van der Waals surface area (Å²) in [7, 11) is 0. The maximum Gasteiger partial charge on any atom is 0.306 e. The molecule has 0 spiro atoms. The van der Waals surface area contributed by atoms with Crippen LogP contribution in [0.25, 0.3) is 10.9 Å². The molecule has 3 nitrogen and oxygen atoms in total. The van der Waals surface area contributed by atoms with E-state index in [2.05, 4.69) is 36.7 Å². The Morgan fingerprint density at radius 3 is 2.63 bits per heavy atom. The summed E-state index contributed by atoms with van der Waals surface area (Å²) in [6, 6.07) is 8.23. The molecular weight excluding hydrogens is 238 g/mol. The third kappa shape index (κ3) is 2.98. The molecule has 0 amide bonds. The number of benzene rings is 1. The van der Waals surface area contributed by atoms with Crippen LogP contribution in [0.3, 0.4) is 0 Å².